The second kappa shape index (κ2) is 10.9. The fraction of sp³-hybridized carbons (Fsp3) is 0. The number of amides is 1. The third-order valence-electron chi connectivity index (χ3n) is 4.33. The number of nitro groups is 1. The van der Waals surface area contributed by atoms with Gasteiger partial charge in [0.15, 0.2) is 0 Å². The zero-order valence-electron chi connectivity index (χ0n) is 17.2. The summed E-state index contributed by atoms with van der Waals surface area (Å²) in [5.74, 6) is -1.05. The van der Waals surface area contributed by atoms with E-state index in [0.29, 0.717) is 9.50 Å². The van der Waals surface area contributed by atoms with Crippen molar-refractivity contribution in [1.82, 2.24) is 0 Å². The Morgan fingerprint density at radius 3 is 2.57 bits per heavy atom. The lowest BCUT2D eigenvalue weighted by Gasteiger charge is -2.11. The van der Waals surface area contributed by atoms with Crippen LogP contribution in [0.3, 0.4) is 0 Å². The SMILES string of the molecule is N#C/C(=C/c1cc(Br)ccc1OS(=O)(=O)c1cccc([N+](=O)[O-])c1)C(=O)Nc1cc(Cl)ccc1Cl. The van der Waals surface area contributed by atoms with Crippen LogP contribution in [0.1, 0.15) is 5.56 Å². The first-order chi connectivity index (χ1) is 16.5. The molecule has 3 rings (SSSR count). The summed E-state index contributed by atoms with van der Waals surface area (Å²) in [6.45, 7) is 0. The summed E-state index contributed by atoms with van der Waals surface area (Å²) >= 11 is 15.2. The van der Waals surface area contributed by atoms with Crippen LogP contribution in [0.25, 0.3) is 6.08 Å². The summed E-state index contributed by atoms with van der Waals surface area (Å²) in [5.41, 5.74) is -0.591. The first-order valence-electron chi connectivity index (χ1n) is 9.37. The molecule has 3 aromatic carbocycles. The van der Waals surface area contributed by atoms with Crippen molar-refractivity contribution in [1.29, 1.82) is 5.26 Å². The number of non-ortho nitro benzene ring substituents is 1. The quantitative estimate of drug-likeness (QED) is 0.116. The minimum atomic E-state index is -4.49. The second-order valence-electron chi connectivity index (χ2n) is 6.72. The molecule has 0 saturated heterocycles. The Balaban J connectivity index is 1.97. The lowest BCUT2D eigenvalue weighted by molar-refractivity contribution is -0.385. The van der Waals surface area contributed by atoms with Gasteiger partial charge in [-0.1, -0.05) is 45.2 Å². The van der Waals surface area contributed by atoms with Crippen LogP contribution in [0, 0.1) is 21.4 Å². The first-order valence-corrected chi connectivity index (χ1v) is 12.3. The van der Waals surface area contributed by atoms with Crippen molar-refractivity contribution in [3.63, 3.8) is 0 Å². The van der Waals surface area contributed by atoms with E-state index in [1.165, 1.54) is 42.5 Å². The van der Waals surface area contributed by atoms with Crippen molar-refractivity contribution in [2.75, 3.05) is 5.32 Å². The minimum absolute atomic E-state index is 0.0669. The molecule has 0 aliphatic heterocycles. The molecule has 0 aromatic heterocycles. The van der Waals surface area contributed by atoms with Gasteiger partial charge in [-0.05, 0) is 48.5 Å². The highest BCUT2D eigenvalue weighted by atomic mass is 79.9. The van der Waals surface area contributed by atoms with Gasteiger partial charge in [0.05, 0.1) is 15.6 Å². The maximum absolute atomic E-state index is 12.8. The number of carbonyl (C=O) groups is 1. The highest BCUT2D eigenvalue weighted by Gasteiger charge is 2.22. The number of anilines is 1. The molecular weight excluding hydrogens is 585 g/mol. The lowest BCUT2D eigenvalue weighted by atomic mass is 10.1. The van der Waals surface area contributed by atoms with Gasteiger partial charge in [0.2, 0.25) is 0 Å². The number of benzene rings is 3. The fourth-order valence-corrected chi connectivity index (χ4v) is 4.42. The number of carbonyl (C=O) groups excluding carboxylic acids is 1. The Labute approximate surface area is 217 Å². The average Bonchev–Trinajstić information content (AvgIpc) is 2.81. The molecule has 1 amide bonds. The van der Waals surface area contributed by atoms with E-state index >= 15 is 0 Å². The molecule has 0 saturated carbocycles. The van der Waals surface area contributed by atoms with Gasteiger partial charge in [-0.15, -0.1) is 0 Å². The van der Waals surface area contributed by atoms with Crippen LogP contribution in [-0.4, -0.2) is 19.2 Å². The smallest absolute Gasteiger partial charge is 0.339 e. The van der Waals surface area contributed by atoms with Crippen LogP contribution in [0.2, 0.25) is 10.0 Å². The number of nitrogens with one attached hydrogen (secondary N) is 1. The molecule has 0 heterocycles. The van der Waals surface area contributed by atoms with Gasteiger partial charge in [-0.3, -0.25) is 14.9 Å². The zero-order valence-corrected chi connectivity index (χ0v) is 21.2. The van der Waals surface area contributed by atoms with Crippen LogP contribution in [0.4, 0.5) is 11.4 Å². The summed E-state index contributed by atoms with van der Waals surface area (Å²) in [4.78, 5) is 22.5. The van der Waals surface area contributed by atoms with Gasteiger partial charge in [0.25, 0.3) is 11.6 Å². The number of rotatable bonds is 7. The molecular formula is C22H12BrCl2N3O6S. The van der Waals surface area contributed by atoms with E-state index in [-0.39, 0.29) is 22.0 Å². The van der Waals surface area contributed by atoms with Gasteiger partial charge in [-0.25, -0.2) is 0 Å². The molecule has 0 aliphatic carbocycles. The van der Waals surface area contributed by atoms with Gasteiger partial charge in [-0.2, -0.15) is 13.7 Å². The maximum atomic E-state index is 12.8. The molecule has 3 aromatic rings. The normalized spacial score (nSPS) is 11.4. The molecule has 0 radical (unpaired) electrons. The van der Waals surface area contributed by atoms with Crippen LogP contribution >= 0.6 is 39.1 Å². The van der Waals surface area contributed by atoms with E-state index in [2.05, 4.69) is 21.2 Å². The van der Waals surface area contributed by atoms with Crippen LogP contribution in [-0.2, 0) is 14.9 Å². The van der Waals surface area contributed by atoms with E-state index in [1.54, 1.807) is 6.07 Å². The van der Waals surface area contributed by atoms with Gasteiger partial charge in [0, 0.05) is 27.2 Å². The number of nitriles is 1. The Morgan fingerprint density at radius 1 is 1.14 bits per heavy atom. The van der Waals surface area contributed by atoms with Crippen molar-refractivity contribution in [2.45, 2.75) is 4.90 Å². The Kier molecular flexibility index (Phi) is 8.14. The molecule has 35 heavy (non-hydrogen) atoms. The van der Waals surface area contributed by atoms with Crippen LogP contribution < -0.4 is 9.50 Å². The second-order valence-corrected chi connectivity index (χ2v) is 10.0. The van der Waals surface area contributed by atoms with E-state index in [4.69, 9.17) is 27.4 Å². The van der Waals surface area contributed by atoms with Gasteiger partial charge < -0.3 is 9.50 Å². The average molecular weight is 597 g/mol. The van der Waals surface area contributed by atoms with Gasteiger partial charge >= 0.3 is 10.1 Å². The molecule has 0 spiro atoms. The van der Waals surface area contributed by atoms with Crippen molar-refractivity contribution < 1.29 is 22.3 Å². The molecule has 178 valence electrons. The van der Waals surface area contributed by atoms with Crippen molar-refractivity contribution in [2.24, 2.45) is 0 Å². The first kappa shape index (κ1) is 26.2. The summed E-state index contributed by atoms with van der Waals surface area (Å²) < 4.78 is 31.2. The third kappa shape index (κ3) is 6.58. The highest BCUT2D eigenvalue weighted by Crippen LogP contribution is 2.30. The summed E-state index contributed by atoms with van der Waals surface area (Å²) in [5, 5.41) is 23.5. The van der Waals surface area contributed by atoms with Crippen molar-refractivity contribution in [3.8, 4) is 11.8 Å². The fourth-order valence-electron chi connectivity index (χ4n) is 2.71. The molecule has 0 aliphatic rings. The molecule has 9 nitrogen and oxygen atoms in total. The lowest BCUT2D eigenvalue weighted by Crippen LogP contribution is -2.14. The van der Waals surface area contributed by atoms with E-state index in [0.717, 1.165) is 24.3 Å². The third-order valence-corrected chi connectivity index (χ3v) is 6.62. The largest absolute Gasteiger partial charge is 0.378 e. The Hall–Kier alpha value is -3.43. The summed E-state index contributed by atoms with van der Waals surface area (Å²) in [6.07, 6.45) is 1.12. The number of hydrogen-bond donors (Lipinski definition) is 1. The van der Waals surface area contributed by atoms with E-state index in [9.17, 15) is 28.6 Å². The van der Waals surface area contributed by atoms with Crippen LogP contribution in [0.15, 0.2) is 75.6 Å². The zero-order chi connectivity index (χ0) is 25.8. The maximum Gasteiger partial charge on any atom is 0.339 e. The predicted octanol–water partition coefficient (Wildman–Crippen LogP) is 5.98. The number of nitrogens with zero attached hydrogens (tertiary/aromatic N) is 2. The highest BCUT2D eigenvalue weighted by molar-refractivity contribution is 9.10. The standard InChI is InChI=1S/C22H12BrCl2N3O6S/c23-15-4-7-21(34-35(32,33)18-3-1-2-17(11-18)28(30)31)13(9-15)8-14(12-26)22(29)27-20-10-16(24)5-6-19(20)25/h1-11H,(H,27,29)/b14-8-. The Bertz CT molecular complexity index is 1520. The van der Waals surface area contributed by atoms with Gasteiger partial charge in [0.1, 0.15) is 22.3 Å². The van der Waals surface area contributed by atoms with E-state index in [1.807, 2.05) is 0 Å². The monoisotopic (exact) mass is 595 g/mol. The van der Waals surface area contributed by atoms with Crippen molar-refractivity contribution in [3.05, 3.63) is 96.4 Å². The molecule has 0 bridgehead atoms. The molecule has 0 unspecified atom stereocenters. The number of halogens is 3. The van der Waals surface area contributed by atoms with Crippen LogP contribution in [0.5, 0.6) is 5.75 Å². The molecule has 13 heteroatoms. The number of hydrogen-bond acceptors (Lipinski definition) is 7. The summed E-state index contributed by atoms with van der Waals surface area (Å²) in [6, 6.07) is 14.7. The minimum Gasteiger partial charge on any atom is -0.378 e. The number of nitro benzene ring substituents is 1. The molecule has 1 N–H and O–H groups in total. The van der Waals surface area contributed by atoms with Crippen molar-refractivity contribution >= 4 is 72.6 Å². The summed E-state index contributed by atoms with van der Waals surface area (Å²) in [7, 11) is -4.49. The predicted molar refractivity (Wildman–Crippen MR) is 134 cm³/mol. The molecule has 0 fully saturated rings. The molecule has 0 atom stereocenters. The Morgan fingerprint density at radius 2 is 1.89 bits per heavy atom. The topological polar surface area (TPSA) is 139 Å². The van der Waals surface area contributed by atoms with E-state index < -0.39 is 37.1 Å².